The molecule has 0 radical (unpaired) electrons. The second kappa shape index (κ2) is 8.17. The van der Waals surface area contributed by atoms with Crippen molar-refractivity contribution in [3.8, 4) is 0 Å². The quantitative estimate of drug-likeness (QED) is 0.811. The molecule has 1 aliphatic heterocycles. The molecular weight excluding hydrogens is 369 g/mol. The maximum atomic E-state index is 12.1. The van der Waals surface area contributed by atoms with Crippen molar-refractivity contribution in [3.05, 3.63) is 27.2 Å². The molecular formula is C14H14Cl3NO5. The maximum Gasteiger partial charge on any atom is 0.338 e. The molecule has 1 saturated heterocycles. The van der Waals surface area contributed by atoms with Gasteiger partial charge in [-0.1, -0.05) is 34.8 Å². The first-order chi connectivity index (χ1) is 10.9. The zero-order chi connectivity index (χ0) is 17.0. The van der Waals surface area contributed by atoms with Crippen LogP contribution in [0.3, 0.4) is 0 Å². The Morgan fingerprint density at radius 2 is 1.91 bits per heavy atom. The third-order valence-electron chi connectivity index (χ3n) is 3.00. The summed E-state index contributed by atoms with van der Waals surface area (Å²) >= 11 is 17.8. The fraction of sp³-hybridized carbons (Fsp3) is 0.429. The third-order valence-corrected chi connectivity index (χ3v) is 3.81. The molecule has 9 heteroatoms. The first-order valence-electron chi connectivity index (χ1n) is 6.73. The van der Waals surface area contributed by atoms with Gasteiger partial charge in [0.15, 0.2) is 12.2 Å². The van der Waals surface area contributed by atoms with E-state index in [2.05, 4.69) is 5.32 Å². The summed E-state index contributed by atoms with van der Waals surface area (Å²) in [4.78, 5) is 24.0. The van der Waals surface area contributed by atoms with Crippen LogP contribution in [0.5, 0.6) is 0 Å². The number of hydrogen-bond donors (Lipinski definition) is 1. The van der Waals surface area contributed by atoms with Crippen LogP contribution in [0.1, 0.15) is 6.92 Å². The molecule has 0 aromatic heterocycles. The predicted octanol–water partition coefficient (Wildman–Crippen LogP) is 2.93. The summed E-state index contributed by atoms with van der Waals surface area (Å²) in [7, 11) is 0. The average Bonchev–Trinajstić information content (AvgIpc) is 2.51. The van der Waals surface area contributed by atoms with Gasteiger partial charge in [-0.3, -0.25) is 4.79 Å². The van der Waals surface area contributed by atoms with E-state index in [9.17, 15) is 9.59 Å². The van der Waals surface area contributed by atoms with Gasteiger partial charge in [0, 0.05) is 5.02 Å². The number of nitrogens with one attached hydrogen (secondary N) is 1. The molecule has 0 aliphatic carbocycles. The van der Waals surface area contributed by atoms with Crippen LogP contribution in [0.4, 0.5) is 5.69 Å². The van der Waals surface area contributed by atoms with E-state index < -0.39 is 24.1 Å². The van der Waals surface area contributed by atoms with E-state index in [1.54, 1.807) is 0 Å². The number of rotatable bonds is 4. The van der Waals surface area contributed by atoms with E-state index in [-0.39, 0.29) is 22.3 Å². The predicted molar refractivity (Wildman–Crippen MR) is 86.2 cm³/mol. The van der Waals surface area contributed by atoms with Gasteiger partial charge in [-0.2, -0.15) is 0 Å². The highest BCUT2D eigenvalue weighted by Crippen LogP contribution is 2.33. The number of carbonyl (C=O) groups is 2. The van der Waals surface area contributed by atoms with Crippen LogP contribution in [0.2, 0.25) is 15.1 Å². The van der Waals surface area contributed by atoms with Crippen molar-refractivity contribution in [1.29, 1.82) is 0 Å². The van der Waals surface area contributed by atoms with Crippen LogP contribution < -0.4 is 5.32 Å². The average molecular weight is 383 g/mol. The van der Waals surface area contributed by atoms with Crippen LogP contribution in [-0.2, 0) is 23.8 Å². The van der Waals surface area contributed by atoms with Gasteiger partial charge in [-0.15, -0.1) is 0 Å². The third kappa shape index (κ3) is 4.96. The first-order valence-corrected chi connectivity index (χ1v) is 7.87. The number of ether oxygens (including phenoxy) is 3. The minimum Gasteiger partial charge on any atom is -0.451 e. The van der Waals surface area contributed by atoms with Gasteiger partial charge in [-0.25, -0.2) is 4.79 Å². The Labute approximate surface area is 147 Å². The molecule has 0 saturated carbocycles. The summed E-state index contributed by atoms with van der Waals surface area (Å²) in [6.45, 7) is 2.25. The lowest BCUT2D eigenvalue weighted by Gasteiger charge is -2.23. The Balaban J connectivity index is 1.96. The number of carbonyl (C=O) groups excluding carboxylic acids is 2. The minimum absolute atomic E-state index is 0.0992. The van der Waals surface area contributed by atoms with Crippen molar-refractivity contribution in [2.45, 2.75) is 19.1 Å². The molecule has 23 heavy (non-hydrogen) atoms. The summed E-state index contributed by atoms with van der Waals surface area (Å²) in [5, 5.41) is 3.20. The van der Waals surface area contributed by atoms with E-state index in [4.69, 9.17) is 49.0 Å². The van der Waals surface area contributed by atoms with Crippen molar-refractivity contribution < 1.29 is 23.8 Å². The fourth-order valence-corrected chi connectivity index (χ4v) is 2.73. The molecule has 6 nitrogen and oxygen atoms in total. The van der Waals surface area contributed by atoms with E-state index in [0.717, 1.165) is 0 Å². The molecule has 1 aliphatic rings. The van der Waals surface area contributed by atoms with Gasteiger partial charge >= 0.3 is 5.97 Å². The van der Waals surface area contributed by atoms with Crippen LogP contribution in [0, 0.1) is 0 Å². The second-order valence-electron chi connectivity index (χ2n) is 4.75. The topological polar surface area (TPSA) is 73.9 Å². The van der Waals surface area contributed by atoms with Gasteiger partial charge < -0.3 is 19.5 Å². The highest BCUT2D eigenvalue weighted by Gasteiger charge is 2.28. The number of benzene rings is 1. The van der Waals surface area contributed by atoms with Gasteiger partial charge in [0.2, 0.25) is 0 Å². The van der Waals surface area contributed by atoms with Crippen molar-refractivity contribution in [1.82, 2.24) is 0 Å². The molecule has 1 N–H and O–H groups in total. The number of anilines is 1. The SMILES string of the molecule is C[C@H](OC(=O)[C@@H]1COCCO1)C(=O)Nc1c(Cl)cc(Cl)cc1Cl. The molecule has 1 aromatic rings. The number of halogens is 3. The van der Waals surface area contributed by atoms with Crippen LogP contribution in [0.25, 0.3) is 0 Å². The smallest absolute Gasteiger partial charge is 0.338 e. The van der Waals surface area contributed by atoms with Gasteiger partial charge in [-0.05, 0) is 19.1 Å². The fourth-order valence-electron chi connectivity index (χ4n) is 1.81. The van der Waals surface area contributed by atoms with Crippen LogP contribution in [0.15, 0.2) is 12.1 Å². The molecule has 1 aromatic carbocycles. The Hall–Kier alpha value is -1.05. The molecule has 1 amide bonds. The van der Waals surface area contributed by atoms with Crippen LogP contribution in [-0.4, -0.2) is 43.9 Å². The molecule has 0 unspecified atom stereocenters. The Morgan fingerprint density at radius 3 is 2.48 bits per heavy atom. The Bertz CT molecular complexity index is 581. The lowest BCUT2D eigenvalue weighted by atomic mass is 10.3. The van der Waals surface area contributed by atoms with Crippen LogP contribution >= 0.6 is 34.8 Å². The monoisotopic (exact) mass is 381 g/mol. The van der Waals surface area contributed by atoms with Crippen molar-refractivity contribution in [3.63, 3.8) is 0 Å². The van der Waals surface area contributed by atoms with Crippen molar-refractivity contribution >= 4 is 52.4 Å². The number of esters is 1. The minimum atomic E-state index is -1.06. The summed E-state index contributed by atoms with van der Waals surface area (Å²) in [6, 6.07) is 2.88. The second-order valence-corrected chi connectivity index (χ2v) is 6.00. The van der Waals surface area contributed by atoms with Gasteiger partial charge in [0.1, 0.15) is 0 Å². The van der Waals surface area contributed by atoms with Crippen molar-refractivity contribution in [2.75, 3.05) is 25.1 Å². The normalized spacial score (nSPS) is 19.0. The maximum absolute atomic E-state index is 12.1. The Kier molecular flexibility index (Phi) is 6.50. The van der Waals surface area contributed by atoms with Crippen molar-refractivity contribution in [2.24, 2.45) is 0 Å². The molecule has 126 valence electrons. The highest BCUT2D eigenvalue weighted by atomic mass is 35.5. The summed E-state index contributed by atoms with van der Waals surface area (Å²) in [5.41, 5.74) is 0.197. The largest absolute Gasteiger partial charge is 0.451 e. The first kappa shape index (κ1) is 18.3. The lowest BCUT2D eigenvalue weighted by Crippen LogP contribution is -2.40. The summed E-state index contributed by atoms with van der Waals surface area (Å²) in [5.74, 6) is -1.25. The molecule has 2 atom stereocenters. The Morgan fingerprint density at radius 1 is 1.26 bits per heavy atom. The van der Waals surface area contributed by atoms with E-state index in [0.29, 0.717) is 18.2 Å². The highest BCUT2D eigenvalue weighted by molar-refractivity contribution is 6.42. The molecule has 2 rings (SSSR count). The van der Waals surface area contributed by atoms with E-state index in [1.807, 2.05) is 0 Å². The number of amides is 1. The molecule has 0 spiro atoms. The lowest BCUT2D eigenvalue weighted by molar-refractivity contribution is -0.176. The summed E-state index contributed by atoms with van der Waals surface area (Å²) in [6.07, 6.45) is -1.89. The van der Waals surface area contributed by atoms with E-state index in [1.165, 1.54) is 19.1 Å². The standard InChI is InChI=1S/C14H14Cl3NO5/c1-7(23-14(20)11-6-21-2-3-22-11)13(19)18-12-9(16)4-8(15)5-10(12)17/h4-5,7,11H,2-3,6H2,1H3,(H,18,19)/t7-,11-/m0/s1. The number of hydrogen-bond acceptors (Lipinski definition) is 5. The zero-order valence-corrected chi connectivity index (χ0v) is 14.4. The zero-order valence-electron chi connectivity index (χ0n) is 12.1. The van der Waals surface area contributed by atoms with Gasteiger partial charge in [0.05, 0.1) is 35.6 Å². The molecule has 1 fully saturated rings. The van der Waals surface area contributed by atoms with Gasteiger partial charge in [0.25, 0.3) is 5.91 Å². The molecule has 0 bridgehead atoms. The molecule has 1 heterocycles. The van der Waals surface area contributed by atoms with E-state index >= 15 is 0 Å². The summed E-state index contributed by atoms with van der Waals surface area (Å²) < 4.78 is 15.4.